The normalized spacial score (nSPS) is 22.5. The fraction of sp³-hybridized carbons (Fsp3) is 0.414. The van der Waals surface area contributed by atoms with Gasteiger partial charge in [-0.3, -0.25) is 14.4 Å². The molecule has 2 aromatic carbocycles. The number of rotatable bonds is 5. The van der Waals surface area contributed by atoms with E-state index in [2.05, 4.69) is 10.3 Å². The van der Waals surface area contributed by atoms with Crippen molar-refractivity contribution in [2.24, 2.45) is 5.41 Å². The number of benzene rings is 2. The Hall–Kier alpha value is -3.70. The summed E-state index contributed by atoms with van der Waals surface area (Å²) in [5, 5.41) is 3.87. The maximum absolute atomic E-state index is 13.8. The van der Waals surface area contributed by atoms with E-state index in [4.69, 9.17) is 0 Å². The van der Waals surface area contributed by atoms with Gasteiger partial charge in [-0.25, -0.2) is 8.42 Å². The van der Waals surface area contributed by atoms with Gasteiger partial charge in [0.2, 0.25) is 21.8 Å². The molecular formula is C29H33N5O5S. The molecule has 4 heterocycles. The molecule has 6 rings (SSSR count). The first-order valence-electron chi connectivity index (χ1n) is 13.5. The van der Waals surface area contributed by atoms with Crippen LogP contribution in [0.3, 0.4) is 0 Å². The summed E-state index contributed by atoms with van der Waals surface area (Å²) in [6.07, 6.45) is 0.636. The summed E-state index contributed by atoms with van der Waals surface area (Å²) in [6, 6.07) is 15.1. The van der Waals surface area contributed by atoms with Gasteiger partial charge in [-0.1, -0.05) is 57.2 Å². The fourth-order valence-corrected chi connectivity index (χ4v) is 7.73. The average molecular weight is 564 g/mol. The van der Waals surface area contributed by atoms with E-state index in [-0.39, 0.29) is 47.8 Å². The average Bonchev–Trinajstić information content (AvgIpc) is 3.68. The summed E-state index contributed by atoms with van der Waals surface area (Å²) in [5.74, 6) is -0.775. The Morgan fingerprint density at radius 2 is 1.68 bits per heavy atom. The SMILES string of the molecule is CC(C)(C)[C@H](NC(=O)c1cc2ccccc2[nH]1)C(=O)N1C[C@@H]2C[C@H]1CN2C(=O)CN1Cc2ccccc2S1(=O)=O. The second-order valence-electron chi connectivity index (χ2n) is 12.0. The van der Waals surface area contributed by atoms with Crippen LogP contribution in [-0.2, 0) is 26.2 Å². The summed E-state index contributed by atoms with van der Waals surface area (Å²) in [5.41, 5.74) is 1.38. The Labute approximate surface area is 233 Å². The lowest BCUT2D eigenvalue weighted by Crippen LogP contribution is -2.59. The minimum absolute atomic E-state index is 0.172. The predicted molar refractivity (Wildman–Crippen MR) is 149 cm³/mol. The van der Waals surface area contributed by atoms with Crippen LogP contribution in [0, 0.1) is 5.41 Å². The Kier molecular flexibility index (Phi) is 6.26. The molecule has 3 aromatic rings. The number of nitrogens with zero attached hydrogens (tertiary/aromatic N) is 3. The molecule has 10 nitrogen and oxygen atoms in total. The molecule has 0 aliphatic carbocycles. The van der Waals surface area contributed by atoms with Crippen molar-refractivity contribution in [2.45, 2.75) is 56.8 Å². The van der Waals surface area contributed by atoms with Crippen molar-refractivity contribution in [2.75, 3.05) is 19.6 Å². The van der Waals surface area contributed by atoms with Crippen molar-refractivity contribution in [3.8, 4) is 0 Å². The van der Waals surface area contributed by atoms with Crippen molar-refractivity contribution in [1.82, 2.24) is 24.4 Å². The lowest BCUT2D eigenvalue weighted by Gasteiger charge is -2.39. The van der Waals surface area contributed by atoms with Gasteiger partial charge in [0.15, 0.2) is 0 Å². The van der Waals surface area contributed by atoms with E-state index in [1.807, 2.05) is 45.0 Å². The van der Waals surface area contributed by atoms with Gasteiger partial charge in [0.1, 0.15) is 11.7 Å². The summed E-state index contributed by atoms with van der Waals surface area (Å²) in [7, 11) is -3.70. The third-order valence-corrected chi connectivity index (χ3v) is 10.1. The van der Waals surface area contributed by atoms with Crippen LogP contribution in [0.5, 0.6) is 0 Å². The van der Waals surface area contributed by atoms with E-state index in [0.29, 0.717) is 30.8 Å². The smallest absolute Gasteiger partial charge is 0.268 e. The van der Waals surface area contributed by atoms with Gasteiger partial charge in [-0.05, 0) is 35.6 Å². The molecular weight excluding hydrogens is 530 g/mol. The highest BCUT2D eigenvalue weighted by atomic mass is 32.2. The van der Waals surface area contributed by atoms with E-state index in [9.17, 15) is 22.8 Å². The molecule has 3 aliphatic heterocycles. The molecule has 0 unspecified atom stereocenters. The van der Waals surface area contributed by atoms with Gasteiger partial charge >= 0.3 is 0 Å². The van der Waals surface area contributed by atoms with Crippen LogP contribution < -0.4 is 5.32 Å². The number of aromatic amines is 1. The standard InChI is InChI=1S/C29H33N5O5S/c1-29(2,3)26(31-27(36)23-12-18-8-4-6-10-22(18)30-23)28(37)34-16-20-13-21(34)15-33(20)25(35)17-32-14-19-9-5-7-11-24(19)40(32,38)39/h4-12,20-21,26,30H,13-17H2,1-3H3,(H,31,36)/t20-,21-,26+/m0/s1. The van der Waals surface area contributed by atoms with E-state index in [0.717, 1.165) is 10.9 Å². The molecule has 2 fully saturated rings. The van der Waals surface area contributed by atoms with Gasteiger partial charge in [0, 0.05) is 30.5 Å². The van der Waals surface area contributed by atoms with Crippen LogP contribution in [0.4, 0.5) is 0 Å². The Bertz CT molecular complexity index is 1590. The number of piperazine rings is 1. The molecule has 0 spiro atoms. The van der Waals surface area contributed by atoms with Crippen LogP contribution in [-0.4, -0.2) is 83.0 Å². The second kappa shape index (κ2) is 9.45. The molecule has 1 aromatic heterocycles. The first kappa shape index (κ1) is 26.5. The zero-order chi connectivity index (χ0) is 28.4. The number of fused-ring (bicyclic) bond motifs is 4. The van der Waals surface area contributed by atoms with Gasteiger partial charge in [-0.2, -0.15) is 4.31 Å². The molecule has 11 heteroatoms. The van der Waals surface area contributed by atoms with Gasteiger partial charge in [0.25, 0.3) is 5.91 Å². The van der Waals surface area contributed by atoms with Crippen LogP contribution in [0.25, 0.3) is 10.9 Å². The number of amides is 3. The lowest BCUT2D eigenvalue weighted by atomic mass is 9.85. The number of carbonyl (C=O) groups excluding carboxylic acids is 3. The quantitative estimate of drug-likeness (QED) is 0.493. The minimum atomic E-state index is -3.70. The van der Waals surface area contributed by atoms with Crippen molar-refractivity contribution in [3.63, 3.8) is 0 Å². The predicted octanol–water partition coefficient (Wildman–Crippen LogP) is 2.33. The zero-order valence-corrected chi connectivity index (χ0v) is 23.6. The monoisotopic (exact) mass is 563 g/mol. The van der Waals surface area contributed by atoms with Crippen LogP contribution in [0.2, 0.25) is 0 Å². The summed E-state index contributed by atoms with van der Waals surface area (Å²) in [4.78, 5) is 47.1. The molecule has 2 N–H and O–H groups in total. The van der Waals surface area contributed by atoms with Gasteiger partial charge < -0.3 is 20.1 Å². The number of hydrogen-bond donors (Lipinski definition) is 2. The molecule has 3 aliphatic rings. The van der Waals surface area contributed by atoms with E-state index in [1.165, 1.54) is 4.31 Å². The number of likely N-dealkylation sites (tertiary alicyclic amines) is 2. The molecule has 210 valence electrons. The molecule has 0 saturated carbocycles. The number of sulfonamides is 1. The zero-order valence-electron chi connectivity index (χ0n) is 22.8. The largest absolute Gasteiger partial charge is 0.351 e. The minimum Gasteiger partial charge on any atom is -0.351 e. The van der Waals surface area contributed by atoms with E-state index >= 15 is 0 Å². The van der Waals surface area contributed by atoms with Gasteiger partial charge in [0.05, 0.1) is 23.5 Å². The number of hydrogen-bond acceptors (Lipinski definition) is 5. The van der Waals surface area contributed by atoms with Crippen molar-refractivity contribution in [3.05, 3.63) is 65.9 Å². The van der Waals surface area contributed by atoms with Crippen LogP contribution in [0.15, 0.2) is 59.5 Å². The van der Waals surface area contributed by atoms with Gasteiger partial charge in [-0.15, -0.1) is 0 Å². The van der Waals surface area contributed by atoms with E-state index < -0.39 is 21.5 Å². The van der Waals surface area contributed by atoms with Crippen LogP contribution >= 0.6 is 0 Å². The number of nitrogens with one attached hydrogen (secondary N) is 2. The molecule has 3 amide bonds. The summed E-state index contributed by atoms with van der Waals surface area (Å²) < 4.78 is 27.0. The second-order valence-corrected chi connectivity index (χ2v) is 13.9. The highest BCUT2D eigenvalue weighted by Gasteiger charge is 2.50. The highest BCUT2D eigenvalue weighted by molar-refractivity contribution is 7.89. The third kappa shape index (κ3) is 4.46. The maximum atomic E-state index is 13.8. The summed E-state index contributed by atoms with van der Waals surface area (Å²) in [6.45, 7) is 6.42. The van der Waals surface area contributed by atoms with Crippen LogP contribution in [0.1, 0.15) is 43.2 Å². The van der Waals surface area contributed by atoms with Crippen molar-refractivity contribution in [1.29, 1.82) is 0 Å². The Balaban J connectivity index is 1.12. The number of carbonyl (C=O) groups is 3. The van der Waals surface area contributed by atoms with Crippen molar-refractivity contribution < 1.29 is 22.8 Å². The van der Waals surface area contributed by atoms with E-state index in [1.54, 1.807) is 40.1 Å². The first-order valence-corrected chi connectivity index (χ1v) is 14.9. The Morgan fingerprint density at radius 1 is 1.00 bits per heavy atom. The van der Waals surface area contributed by atoms with Crippen molar-refractivity contribution >= 4 is 38.6 Å². The lowest BCUT2D eigenvalue weighted by molar-refractivity contribution is -0.142. The Morgan fingerprint density at radius 3 is 2.35 bits per heavy atom. The highest BCUT2D eigenvalue weighted by Crippen LogP contribution is 2.35. The number of para-hydroxylation sites is 1. The molecule has 3 atom stereocenters. The molecule has 2 saturated heterocycles. The molecule has 2 bridgehead atoms. The maximum Gasteiger partial charge on any atom is 0.268 e. The summed E-state index contributed by atoms with van der Waals surface area (Å²) >= 11 is 0. The molecule has 40 heavy (non-hydrogen) atoms. The third-order valence-electron chi connectivity index (χ3n) is 8.26. The first-order chi connectivity index (χ1) is 18.9. The number of aromatic nitrogens is 1. The number of H-pyrrole nitrogens is 1. The molecule has 0 radical (unpaired) electrons. The fourth-order valence-electron chi connectivity index (χ4n) is 6.14. The topological polar surface area (TPSA) is 123 Å².